The maximum atomic E-state index is 12.7. The van der Waals surface area contributed by atoms with Crippen molar-refractivity contribution < 1.29 is 9.59 Å². The Labute approximate surface area is 141 Å². The Bertz CT molecular complexity index is 727. The van der Waals surface area contributed by atoms with Gasteiger partial charge in [0.2, 0.25) is 5.91 Å². The Morgan fingerprint density at radius 2 is 2.04 bits per heavy atom. The van der Waals surface area contributed by atoms with Gasteiger partial charge in [-0.2, -0.15) is 0 Å². The standard InChI is InChI=1S/C17H24N4O3/c1-11(2)13-18-9-12(14(22)19-13)15(23)21-8-6-17(10-21)5-4-7-20(3)16(17)24/h9,11H,4-8,10H2,1-3H3,(H,18,19,22). The highest BCUT2D eigenvalue weighted by Gasteiger charge is 2.48. The zero-order chi connectivity index (χ0) is 17.5. The quantitative estimate of drug-likeness (QED) is 0.874. The van der Waals surface area contributed by atoms with E-state index < -0.39 is 11.0 Å². The Morgan fingerprint density at radius 1 is 1.29 bits per heavy atom. The Kier molecular flexibility index (Phi) is 4.19. The van der Waals surface area contributed by atoms with E-state index in [-0.39, 0.29) is 23.3 Å². The van der Waals surface area contributed by atoms with Crippen LogP contribution in [0.4, 0.5) is 0 Å². The van der Waals surface area contributed by atoms with E-state index in [2.05, 4.69) is 9.97 Å². The Hall–Kier alpha value is -2.18. The largest absolute Gasteiger partial charge is 0.345 e. The van der Waals surface area contributed by atoms with Crippen molar-refractivity contribution in [1.82, 2.24) is 19.8 Å². The number of nitrogens with zero attached hydrogens (tertiary/aromatic N) is 3. The summed E-state index contributed by atoms with van der Waals surface area (Å²) in [4.78, 5) is 47.7. The highest BCUT2D eigenvalue weighted by Crippen LogP contribution is 2.39. The minimum atomic E-state index is -0.472. The number of amides is 2. The van der Waals surface area contributed by atoms with Crippen LogP contribution in [0.15, 0.2) is 11.0 Å². The molecular formula is C17H24N4O3. The van der Waals surface area contributed by atoms with Crippen LogP contribution in [0.5, 0.6) is 0 Å². The molecule has 0 radical (unpaired) electrons. The zero-order valence-corrected chi connectivity index (χ0v) is 14.5. The van der Waals surface area contributed by atoms with Crippen LogP contribution in [0.2, 0.25) is 0 Å². The van der Waals surface area contributed by atoms with Gasteiger partial charge in [-0.25, -0.2) is 4.98 Å². The fraction of sp³-hybridized carbons (Fsp3) is 0.647. The molecule has 1 atom stereocenters. The second-order valence-corrected chi connectivity index (χ2v) is 7.25. The van der Waals surface area contributed by atoms with Crippen molar-refractivity contribution in [3.63, 3.8) is 0 Å². The molecule has 3 rings (SSSR count). The number of hydrogen-bond acceptors (Lipinski definition) is 4. The van der Waals surface area contributed by atoms with Crippen LogP contribution in [0, 0.1) is 5.41 Å². The minimum absolute atomic E-state index is 0.0491. The number of carbonyl (C=O) groups excluding carboxylic acids is 2. The number of aromatic amines is 1. The average Bonchev–Trinajstić information content (AvgIpc) is 2.97. The summed E-state index contributed by atoms with van der Waals surface area (Å²) in [7, 11) is 1.81. The van der Waals surface area contributed by atoms with E-state index in [1.54, 1.807) is 9.80 Å². The molecule has 0 saturated carbocycles. The monoisotopic (exact) mass is 332 g/mol. The normalized spacial score (nSPS) is 24.2. The third-order valence-corrected chi connectivity index (χ3v) is 5.19. The van der Waals surface area contributed by atoms with Gasteiger partial charge in [0, 0.05) is 38.8 Å². The molecule has 1 spiro atoms. The summed E-state index contributed by atoms with van der Waals surface area (Å²) in [6.45, 7) is 5.52. The van der Waals surface area contributed by atoms with E-state index in [0.717, 1.165) is 19.4 Å². The van der Waals surface area contributed by atoms with E-state index in [1.165, 1.54) is 6.20 Å². The summed E-state index contributed by atoms with van der Waals surface area (Å²) in [6, 6.07) is 0. The molecule has 1 aromatic heterocycles. The van der Waals surface area contributed by atoms with Gasteiger partial charge in [-0.05, 0) is 19.3 Å². The molecular weight excluding hydrogens is 308 g/mol. The topological polar surface area (TPSA) is 86.4 Å². The molecule has 0 bridgehead atoms. The van der Waals surface area contributed by atoms with E-state index >= 15 is 0 Å². The smallest absolute Gasteiger partial charge is 0.263 e. The molecule has 2 aliphatic heterocycles. The number of nitrogens with one attached hydrogen (secondary N) is 1. The summed E-state index contributed by atoms with van der Waals surface area (Å²) < 4.78 is 0. The SMILES string of the molecule is CC(C)c1ncc(C(=O)N2CCC3(CCCN(C)C3=O)C2)c(=O)[nH]1. The zero-order valence-electron chi connectivity index (χ0n) is 14.5. The molecule has 24 heavy (non-hydrogen) atoms. The number of aromatic nitrogens is 2. The minimum Gasteiger partial charge on any atom is -0.345 e. The highest BCUT2D eigenvalue weighted by molar-refractivity contribution is 5.95. The molecule has 0 aliphatic carbocycles. The van der Waals surface area contributed by atoms with E-state index in [0.29, 0.717) is 25.3 Å². The summed E-state index contributed by atoms with van der Waals surface area (Å²) in [5, 5.41) is 0. The summed E-state index contributed by atoms with van der Waals surface area (Å²) in [5.41, 5.74) is -0.833. The van der Waals surface area contributed by atoms with Gasteiger partial charge in [-0.15, -0.1) is 0 Å². The first-order chi connectivity index (χ1) is 11.3. The second kappa shape index (κ2) is 6.03. The number of hydrogen-bond donors (Lipinski definition) is 1. The van der Waals surface area contributed by atoms with Gasteiger partial charge in [0.15, 0.2) is 0 Å². The third kappa shape index (κ3) is 2.72. The Morgan fingerprint density at radius 3 is 2.71 bits per heavy atom. The fourth-order valence-corrected chi connectivity index (χ4v) is 3.72. The van der Waals surface area contributed by atoms with Crippen LogP contribution >= 0.6 is 0 Å². The van der Waals surface area contributed by atoms with Gasteiger partial charge < -0.3 is 14.8 Å². The lowest BCUT2D eigenvalue weighted by molar-refractivity contribution is -0.143. The van der Waals surface area contributed by atoms with Crippen molar-refractivity contribution in [2.24, 2.45) is 5.41 Å². The van der Waals surface area contributed by atoms with Gasteiger partial charge in [0.1, 0.15) is 11.4 Å². The molecule has 0 aromatic carbocycles. The van der Waals surface area contributed by atoms with Crippen molar-refractivity contribution >= 4 is 11.8 Å². The van der Waals surface area contributed by atoms with E-state index in [4.69, 9.17) is 0 Å². The lowest BCUT2D eigenvalue weighted by Crippen LogP contribution is -2.48. The summed E-state index contributed by atoms with van der Waals surface area (Å²) in [5.74, 6) is 0.439. The molecule has 1 aromatic rings. The fourth-order valence-electron chi connectivity index (χ4n) is 3.72. The first-order valence-corrected chi connectivity index (χ1v) is 8.48. The van der Waals surface area contributed by atoms with E-state index in [1.807, 2.05) is 20.9 Å². The van der Waals surface area contributed by atoms with Gasteiger partial charge in [0.05, 0.1) is 5.41 Å². The van der Waals surface area contributed by atoms with Crippen LogP contribution in [0.25, 0.3) is 0 Å². The number of piperidine rings is 1. The Balaban J connectivity index is 1.80. The van der Waals surface area contributed by atoms with Gasteiger partial charge in [-0.3, -0.25) is 14.4 Å². The maximum Gasteiger partial charge on any atom is 0.263 e. The van der Waals surface area contributed by atoms with Crippen molar-refractivity contribution in [3.05, 3.63) is 27.9 Å². The van der Waals surface area contributed by atoms with Crippen molar-refractivity contribution in [3.8, 4) is 0 Å². The maximum absolute atomic E-state index is 12.7. The first kappa shape index (κ1) is 16.7. The molecule has 1 unspecified atom stereocenters. The van der Waals surface area contributed by atoms with Crippen molar-refractivity contribution in [2.75, 3.05) is 26.7 Å². The molecule has 2 amide bonds. The first-order valence-electron chi connectivity index (χ1n) is 8.48. The van der Waals surface area contributed by atoms with Crippen LogP contribution in [-0.2, 0) is 4.79 Å². The van der Waals surface area contributed by atoms with E-state index in [9.17, 15) is 14.4 Å². The molecule has 2 aliphatic rings. The predicted octanol–water partition coefficient (Wildman–Crippen LogP) is 0.978. The second-order valence-electron chi connectivity index (χ2n) is 7.25. The lowest BCUT2D eigenvalue weighted by Gasteiger charge is -2.37. The third-order valence-electron chi connectivity index (χ3n) is 5.19. The summed E-state index contributed by atoms with van der Waals surface area (Å²) >= 11 is 0. The lowest BCUT2D eigenvalue weighted by atomic mass is 9.78. The number of rotatable bonds is 2. The number of carbonyl (C=O) groups is 2. The molecule has 7 heteroatoms. The van der Waals surface area contributed by atoms with Crippen LogP contribution in [0.3, 0.4) is 0 Å². The summed E-state index contributed by atoms with van der Waals surface area (Å²) in [6.07, 6.45) is 3.78. The molecule has 2 fully saturated rings. The molecule has 3 heterocycles. The molecule has 2 saturated heterocycles. The number of H-pyrrole nitrogens is 1. The van der Waals surface area contributed by atoms with Crippen molar-refractivity contribution in [1.29, 1.82) is 0 Å². The average molecular weight is 332 g/mol. The number of likely N-dealkylation sites (tertiary alicyclic amines) is 2. The van der Waals surface area contributed by atoms with Crippen LogP contribution in [-0.4, -0.2) is 58.3 Å². The van der Waals surface area contributed by atoms with Crippen LogP contribution in [0.1, 0.15) is 55.2 Å². The molecule has 1 N–H and O–H groups in total. The van der Waals surface area contributed by atoms with Gasteiger partial charge >= 0.3 is 0 Å². The molecule has 7 nitrogen and oxygen atoms in total. The van der Waals surface area contributed by atoms with Gasteiger partial charge in [0.25, 0.3) is 11.5 Å². The van der Waals surface area contributed by atoms with Crippen LogP contribution < -0.4 is 5.56 Å². The van der Waals surface area contributed by atoms with Gasteiger partial charge in [-0.1, -0.05) is 13.8 Å². The predicted molar refractivity (Wildman–Crippen MR) is 88.8 cm³/mol. The van der Waals surface area contributed by atoms with Crippen molar-refractivity contribution in [2.45, 2.75) is 39.0 Å². The molecule has 130 valence electrons. The highest BCUT2D eigenvalue weighted by atomic mass is 16.2.